The lowest BCUT2D eigenvalue weighted by Gasteiger charge is -2.08. The number of hydrogen-bond donors (Lipinski definition) is 3. The van der Waals surface area contributed by atoms with E-state index in [1.165, 1.54) is 6.92 Å². The van der Waals surface area contributed by atoms with Crippen LogP contribution in [-0.4, -0.2) is 17.0 Å². The number of rotatable bonds is 5. The first kappa shape index (κ1) is 14.1. The summed E-state index contributed by atoms with van der Waals surface area (Å²) >= 11 is 1.55. The Kier molecular flexibility index (Phi) is 4.37. The molecule has 2 rings (SSSR count). The van der Waals surface area contributed by atoms with Crippen molar-refractivity contribution in [3.63, 3.8) is 0 Å². The predicted octanol–water partition coefficient (Wildman–Crippen LogP) is 3.02. The summed E-state index contributed by atoms with van der Waals surface area (Å²) in [5.74, 6) is -1.04. The van der Waals surface area contributed by atoms with Crippen molar-refractivity contribution in [1.82, 2.24) is 0 Å². The van der Waals surface area contributed by atoms with Gasteiger partial charge in [0.15, 0.2) is 0 Å². The third kappa shape index (κ3) is 3.58. The van der Waals surface area contributed by atoms with Crippen LogP contribution in [0, 0.1) is 0 Å². The highest BCUT2D eigenvalue weighted by Crippen LogP contribution is 2.23. The number of carbonyl (C=O) groups is 2. The van der Waals surface area contributed by atoms with Crippen LogP contribution in [0.1, 0.15) is 22.2 Å². The predicted molar refractivity (Wildman–Crippen MR) is 79.4 cm³/mol. The Morgan fingerprint density at radius 2 is 1.90 bits per heavy atom. The summed E-state index contributed by atoms with van der Waals surface area (Å²) in [5.41, 5.74) is 1.89. The molecule has 0 fully saturated rings. The van der Waals surface area contributed by atoms with Crippen LogP contribution in [0.15, 0.2) is 35.7 Å². The Hall–Kier alpha value is -2.34. The lowest BCUT2D eigenvalue weighted by atomic mass is 10.2. The van der Waals surface area contributed by atoms with E-state index in [-0.39, 0.29) is 11.5 Å². The fraction of sp³-hybridized carbons (Fsp3) is 0.143. The zero-order valence-corrected chi connectivity index (χ0v) is 11.7. The fourth-order valence-corrected chi connectivity index (χ4v) is 2.46. The number of thiophene rings is 1. The van der Waals surface area contributed by atoms with Gasteiger partial charge in [-0.2, -0.15) is 0 Å². The third-order valence-electron chi connectivity index (χ3n) is 2.64. The first-order valence-electron chi connectivity index (χ1n) is 5.97. The van der Waals surface area contributed by atoms with Gasteiger partial charge in [0, 0.05) is 17.5 Å². The molecule has 1 amide bonds. The summed E-state index contributed by atoms with van der Waals surface area (Å²) in [6.45, 7) is 2.04. The smallest absolute Gasteiger partial charge is 0.335 e. The van der Waals surface area contributed by atoms with Crippen molar-refractivity contribution in [2.24, 2.45) is 0 Å². The summed E-state index contributed by atoms with van der Waals surface area (Å²) in [7, 11) is 0. The number of aromatic carboxylic acids is 1. The molecule has 104 valence electrons. The van der Waals surface area contributed by atoms with Crippen LogP contribution in [0.5, 0.6) is 0 Å². The molecule has 2 aromatic rings. The molecule has 0 spiro atoms. The number of amides is 1. The molecule has 3 N–H and O–H groups in total. The molecule has 0 unspecified atom stereocenters. The van der Waals surface area contributed by atoms with Crippen LogP contribution in [-0.2, 0) is 11.3 Å². The van der Waals surface area contributed by atoms with E-state index in [4.69, 9.17) is 5.11 Å². The second-order valence-corrected chi connectivity index (χ2v) is 5.18. The van der Waals surface area contributed by atoms with E-state index in [2.05, 4.69) is 10.6 Å². The van der Waals surface area contributed by atoms with Gasteiger partial charge in [0.25, 0.3) is 0 Å². The molecule has 0 atom stereocenters. The van der Waals surface area contributed by atoms with E-state index < -0.39 is 5.97 Å². The van der Waals surface area contributed by atoms with Crippen LogP contribution in [0.4, 0.5) is 11.4 Å². The molecule has 0 radical (unpaired) electrons. The Morgan fingerprint density at radius 3 is 2.50 bits per heavy atom. The first-order chi connectivity index (χ1) is 9.56. The molecule has 5 nitrogen and oxygen atoms in total. The fourth-order valence-electron chi connectivity index (χ4n) is 1.69. The Balaban J connectivity index is 2.00. The third-order valence-corrected chi connectivity index (χ3v) is 3.56. The van der Waals surface area contributed by atoms with Crippen molar-refractivity contribution in [2.45, 2.75) is 13.5 Å². The molecule has 1 aromatic heterocycles. The van der Waals surface area contributed by atoms with E-state index >= 15 is 0 Å². The second kappa shape index (κ2) is 6.21. The Morgan fingerprint density at radius 1 is 1.20 bits per heavy atom. The molecule has 0 aliphatic carbocycles. The van der Waals surface area contributed by atoms with Crippen LogP contribution >= 0.6 is 11.3 Å². The molecule has 0 saturated carbocycles. The van der Waals surface area contributed by atoms with Crippen LogP contribution in [0.2, 0.25) is 0 Å². The van der Waals surface area contributed by atoms with Gasteiger partial charge in [-0.1, -0.05) is 0 Å². The molecule has 0 bridgehead atoms. The van der Waals surface area contributed by atoms with Crippen molar-refractivity contribution in [3.8, 4) is 0 Å². The maximum Gasteiger partial charge on any atom is 0.335 e. The average Bonchev–Trinajstić information content (AvgIpc) is 2.83. The zero-order chi connectivity index (χ0) is 14.5. The highest BCUT2D eigenvalue weighted by molar-refractivity contribution is 7.10. The number of carboxylic acids is 1. The van der Waals surface area contributed by atoms with Crippen molar-refractivity contribution in [1.29, 1.82) is 0 Å². The molecular formula is C14H14N2O3S. The minimum atomic E-state index is -0.942. The molecule has 6 heteroatoms. The number of carboxylic acid groups (broad SMARTS) is 1. The van der Waals surface area contributed by atoms with E-state index in [1.807, 2.05) is 11.4 Å². The summed E-state index contributed by atoms with van der Waals surface area (Å²) in [6, 6.07) is 8.39. The van der Waals surface area contributed by atoms with Crippen LogP contribution in [0.25, 0.3) is 0 Å². The molecule has 1 heterocycles. The minimum Gasteiger partial charge on any atom is -0.478 e. The van der Waals surface area contributed by atoms with Crippen LogP contribution < -0.4 is 10.6 Å². The van der Waals surface area contributed by atoms with Gasteiger partial charge >= 0.3 is 5.97 Å². The number of nitrogens with one attached hydrogen (secondary N) is 2. The standard InChI is InChI=1S/C14H14N2O3S/c1-9(17)16-12-6-7-20-13(12)8-15-11-4-2-10(3-5-11)14(18)19/h2-7,15H,8H2,1H3,(H,16,17)(H,18,19). The van der Waals surface area contributed by atoms with E-state index in [9.17, 15) is 9.59 Å². The van der Waals surface area contributed by atoms with Gasteiger partial charge in [-0.3, -0.25) is 4.79 Å². The molecule has 20 heavy (non-hydrogen) atoms. The SMILES string of the molecule is CC(=O)Nc1ccsc1CNc1ccc(C(=O)O)cc1. The summed E-state index contributed by atoms with van der Waals surface area (Å²) in [5, 5.41) is 16.7. The minimum absolute atomic E-state index is 0.101. The summed E-state index contributed by atoms with van der Waals surface area (Å²) < 4.78 is 0. The molecule has 0 aliphatic heterocycles. The molecular weight excluding hydrogens is 276 g/mol. The summed E-state index contributed by atoms with van der Waals surface area (Å²) in [4.78, 5) is 22.8. The van der Waals surface area contributed by atoms with Gasteiger partial charge in [-0.25, -0.2) is 4.79 Å². The number of hydrogen-bond acceptors (Lipinski definition) is 4. The van der Waals surface area contributed by atoms with Gasteiger partial charge in [-0.05, 0) is 35.7 Å². The lowest BCUT2D eigenvalue weighted by Crippen LogP contribution is -2.08. The molecule has 0 saturated heterocycles. The number of carbonyl (C=O) groups excluding carboxylic acids is 1. The van der Waals surface area contributed by atoms with Gasteiger partial charge in [0.05, 0.1) is 17.8 Å². The van der Waals surface area contributed by atoms with Crippen LogP contribution in [0.3, 0.4) is 0 Å². The van der Waals surface area contributed by atoms with Crippen molar-refractivity contribution in [3.05, 3.63) is 46.2 Å². The molecule has 1 aromatic carbocycles. The lowest BCUT2D eigenvalue weighted by molar-refractivity contribution is -0.114. The maximum atomic E-state index is 11.1. The largest absolute Gasteiger partial charge is 0.478 e. The number of anilines is 2. The highest BCUT2D eigenvalue weighted by Gasteiger charge is 2.06. The van der Waals surface area contributed by atoms with Gasteiger partial charge < -0.3 is 15.7 Å². The second-order valence-electron chi connectivity index (χ2n) is 4.17. The Labute approximate surface area is 120 Å². The highest BCUT2D eigenvalue weighted by atomic mass is 32.1. The van der Waals surface area contributed by atoms with Gasteiger partial charge in [0.1, 0.15) is 0 Å². The van der Waals surface area contributed by atoms with E-state index in [0.717, 1.165) is 16.3 Å². The van der Waals surface area contributed by atoms with Crippen molar-refractivity contribution < 1.29 is 14.7 Å². The maximum absolute atomic E-state index is 11.1. The average molecular weight is 290 g/mol. The monoisotopic (exact) mass is 290 g/mol. The number of benzene rings is 1. The van der Waals surface area contributed by atoms with Gasteiger partial charge in [0.2, 0.25) is 5.91 Å². The normalized spacial score (nSPS) is 10.1. The van der Waals surface area contributed by atoms with Crippen molar-refractivity contribution >= 4 is 34.6 Å². The van der Waals surface area contributed by atoms with Gasteiger partial charge in [-0.15, -0.1) is 11.3 Å². The zero-order valence-electron chi connectivity index (χ0n) is 10.8. The quantitative estimate of drug-likeness (QED) is 0.791. The first-order valence-corrected chi connectivity index (χ1v) is 6.85. The summed E-state index contributed by atoms with van der Waals surface area (Å²) in [6.07, 6.45) is 0. The topological polar surface area (TPSA) is 78.4 Å². The Bertz CT molecular complexity index is 620. The van der Waals surface area contributed by atoms with Crippen molar-refractivity contribution in [2.75, 3.05) is 10.6 Å². The van der Waals surface area contributed by atoms with E-state index in [0.29, 0.717) is 6.54 Å². The molecule has 0 aliphatic rings. The van der Waals surface area contributed by atoms with E-state index in [1.54, 1.807) is 35.6 Å².